The van der Waals surface area contributed by atoms with Crippen molar-refractivity contribution >= 4 is 0 Å². The van der Waals surface area contributed by atoms with Crippen molar-refractivity contribution in [3.05, 3.63) is 48.0 Å². The molecule has 0 spiro atoms. The van der Waals surface area contributed by atoms with E-state index in [9.17, 15) is 0 Å². The van der Waals surface area contributed by atoms with Gasteiger partial charge in [0.2, 0.25) is 0 Å². The Morgan fingerprint density at radius 2 is 2.06 bits per heavy atom. The minimum Gasteiger partial charge on any atom is -0.306 e. The van der Waals surface area contributed by atoms with Gasteiger partial charge in [0.15, 0.2) is 0 Å². The Hall–Kier alpha value is -1.08. The third-order valence-corrected chi connectivity index (χ3v) is 3.55. The Morgan fingerprint density at radius 1 is 1.35 bits per heavy atom. The molecule has 0 unspecified atom stereocenters. The van der Waals surface area contributed by atoms with Crippen LogP contribution in [0.3, 0.4) is 0 Å². The standard InChI is InChI=1S/C16H23N/c1-5-8-13-11-12-9-6-7-10-14(12)15(17-13)16(2,3)4/h5-7,9-10,13,15,17H,1,8,11H2,2-4H3/t13-,15+/m1/s1. The SMILES string of the molecule is C=CC[C@@H]1Cc2ccccc2[C@@H](C(C)(C)C)N1. The van der Waals surface area contributed by atoms with Gasteiger partial charge in [0, 0.05) is 12.1 Å². The Kier molecular flexibility index (Phi) is 3.39. The smallest absolute Gasteiger partial charge is 0.0374 e. The monoisotopic (exact) mass is 229 g/mol. The van der Waals surface area contributed by atoms with E-state index in [1.54, 1.807) is 0 Å². The maximum atomic E-state index is 3.86. The summed E-state index contributed by atoms with van der Waals surface area (Å²) in [6, 6.07) is 9.80. The largest absolute Gasteiger partial charge is 0.306 e. The van der Waals surface area contributed by atoms with Gasteiger partial charge in [0.1, 0.15) is 0 Å². The van der Waals surface area contributed by atoms with Gasteiger partial charge >= 0.3 is 0 Å². The Balaban J connectivity index is 2.35. The lowest BCUT2D eigenvalue weighted by atomic mass is 9.76. The molecule has 1 heterocycles. The van der Waals surface area contributed by atoms with Gasteiger partial charge in [0.05, 0.1) is 0 Å². The quantitative estimate of drug-likeness (QED) is 0.759. The minimum absolute atomic E-state index is 0.246. The molecule has 92 valence electrons. The number of rotatable bonds is 2. The molecule has 0 radical (unpaired) electrons. The first-order valence-electron chi connectivity index (χ1n) is 6.47. The van der Waals surface area contributed by atoms with E-state index in [0.717, 1.165) is 12.8 Å². The molecule has 1 aliphatic rings. The number of hydrogen-bond donors (Lipinski definition) is 1. The first-order chi connectivity index (χ1) is 8.02. The molecule has 2 rings (SSSR count). The maximum absolute atomic E-state index is 3.86. The number of hydrogen-bond acceptors (Lipinski definition) is 1. The molecular weight excluding hydrogens is 206 g/mol. The van der Waals surface area contributed by atoms with E-state index >= 15 is 0 Å². The van der Waals surface area contributed by atoms with Gasteiger partial charge in [-0.3, -0.25) is 0 Å². The highest BCUT2D eigenvalue weighted by Gasteiger charge is 2.33. The number of fused-ring (bicyclic) bond motifs is 1. The summed E-state index contributed by atoms with van der Waals surface area (Å²) in [7, 11) is 0. The molecule has 17 heavy (non-hydrogen) atoms. The highest BCUT2D eigenvalue weighted by atomic mass is 15.0. The van der Waals surface area contributed by atoms with E-state index in [4.69, 9.17) is 0 Å². The fourth-order valence-corrected chi connectivity index (χ4v) is 2.72. The van der Waals surface area contributed by atoms with Crippen LogP contribution in [0.4, 0.5) is 0 Å². The predicted molar refractivity (Wildman–Crippen MR) is 74.1 cm³/mol. The van der Waals surface area contributed by atoms with Gasteiger partial charge in [-0.25, -0.2) is 0 Å². The van der Waals surface area contributed by atoms with Crippen LogP contribution in [0.15, 0.2) is 36.9 Å². The summed E-state index contributed by atoms with van der Waals surface area (Å²) in [5.41, 5.74) is 3.22. The highest BCUT2D eigenvalue weighted by molar-refractivity contribution is 5.34. The molecule has 0 aromatic heterocycles. The summed E-state index contributed by atoms with van der Waals surface area (Å²) >= 11 is 0. The zero-order valence-electron chi connectivity index (χ0n) is 11.2. The summed E-state index contributed by atoms with van der Waals surface area (Å²) in [5.74, 6) is 0. The van der Waals surface area contributed by atoms with E-state index in [1.165, 1.54) is 11.1 Å². The third-order valence-electron chi connectivity index (χ3n) is 3.55. The molecule has 2 atom stereocenters. The van der Waals surface area contributed by atoms with Crippen LogP contribution < -0.4 is 5.32 Å². The third kappa shape index (κ3) is 2.61. The molecule has 1 N–H and O–H groups in total. The van der Waals surface area contributed by atoms with Crippen molar-refractivity contribution in [1.82, 2.24) is 5.32 Å². The number of nitrogens with one attached hydrogen (secondary N) is 1. The second kappa shape index (κ2) is 4.66. The van der Waals surface area contributed by atoms with Gasteiger partial charge in [-0.1, -0.05) is 51.1 Å². The van der Waals surface area contributed by atoms with Crippen LogP contribution in [0.5, 0.6) is 0 Å². The fourth-order valence-electron chi connectivity index (χ4n) is 2.72. The zero-order valence-corrected chi connectivity index (χ0v) is 11.2. The average molecular weight is 229 g/mol. The molecule has 0 fully saturated rings. The van der Waals surface area contributed by atoms with Crippen LogP contribution in [0, 0.1) is 5.41 Å². The van der Waals surface area contributed by atoms with Gasteiger partial charge in [-0.05, 0) is 29.4 Å². The van der Waals surface area contributed by atoms with E-state index in [2.05, 4.69) is 56.9 Å². The second-order valence-electron chi connectivity index (χ2n) is 6.09. The van der Waals surface area contributed by atoms with E-state index in [0.29, 0.717) is 12.1 Å². The van der Waals surface area contributed by atoms with Crippen LogP contribution in [-0.2, 0) is 6.42 Å². The van der Waals surface area contributed by atoms with Crippen molar-refractivity contribution in [2.45, 2.75) is 45.7 Å². The molecular formula is C16H23N. The summed E-state index contributed by atoms with van der Waals surface area (Å²) in [6.07, 6.45) is 4.18. The van der Waals surface area contributed by atoms with Gasteiger partial charge < -0.3 is 5.32 Å². The van der Waals surface area contributed by atoms with Gasteiger partial charge in [-0.15, -0.1) is 6.58 Å². The van der Waals surface area contributed by atoms with Crippen molar-refractivity contribution in [3.8, 4) is 0 Å². The fraction of sp³-hybridized carbons (Fsp3) is 0.500. The molecule has 0 saturated heterocycles. The van der Waals surface area contributed by atoms with Crippen LogP contribution in [0.2, 0.25) is 0 Å². The lowest BCUT2D eigenvalue weighted by molar-refractivity contribution is 0.234. The molecule has 1 nitrogen and oxygen atoms in total. The van der Waals surface area contributed by atoms with E-state index in [1.807, 2.05) is 6.08 Å². The zero-order chi connectivity index (χ0) is 12.5. The first kappa shape index (κ1) is 12.4. The van der Waals surface area contributed by atoms with E-state index < -0.39 is 0 Å². The Bertz CT molecular complexity index is 400. The Morgan fingerprint density at radius 3 is 2.71 bits per heavy atom. The van der Waals surface area contributed by atoms with Crippen LogP contribution >= 0.6 is 0 Å². The highest BCUT2D eigenvalue weighted by Crippen LogP contribution is 2.38. The molecule has 0 saturated carbocycles. The normalized spacial score (nSPS) is 24.2. The van der Waals surface area contributed by atoms with Crippen molar-refractivity contribution in [1.29, 1.82) is 0 Å². The molecule has 1 aromatic rings. The Labute approximate surface area is 105 Å². The van der Waals surface area contributed by atoms with Crippen LogP contribution in [-0.4, -0.2) is 6.04 Å². The average Bonchev–Trinajstić information content (AvgIpc) is 2.27. The number of benzene rings is 1. The summed E-state index contributed by atoms with van der Waals surface area (Å²) in [4.78, 5) is 0. The van der Waals surface area contributed by atoms with Crippen LogP contribution in [0.25, 0.3) is 0 Å². The van der Waals surface area contributed by atoms with Gasteiger partial charge in [0.25, 0.3) is 0 Å². The summed E-state index contributed by atoms with van der Waals surface area (Å²) in [5, 5.41) is 3.78. The summed E-state index contributed by atoms with van der Waals surface area (Å²) in [6.45, 7) is 10.8. The molecule has 0 bridgehead atoms. The minimum atomic E-state index is 0.246. The topological polar surface area (TPSA) is 12.0 Å². The summed E-state index contributed by atoms with van der Waals surface area (Å²) < 4.78 is 0. The maximum Gasteiger partial charge on any atom is 0.0374 e. The van der Waals surface area contributed by atoms with Crippen molar-refractivity contribution in [3.63, 3.8) is 0 Å². The lowest BCUT2D eigenvalue weighted by Crippen LogP contribution is -2.44. The first-order valence-corrected chi connectivity index (χ1v) is 6.47. The molecule has 1 aromatic carbocycles. The molecule has 0 aliphatic carbocycles. The molecule has 1 aliphatic heterocycles. The molecule has 0 amide bonds. The second-order valence-corrected chi connectivity index (χ2v) is 6.09. The van der Waals surface area contributed by atoms with Gasteiger partial charge in [-0.2, -0.15) is 0 Å². The van der Waals surface area contributed by atoms with E-state index in [-0.39, 0.29) is 5.41 Å². The molecule has 1 heteroatoms. The van der Waals surface area contributed by atoms with Crippen LogP contribution in [0.1, 0.15) is 44.4 Å². The van der Waals surface area contributed by atoms with Crippen molar-refractivity contribution < 1.29 is 0 Å². The van der Waals surface area contributed by atoms with Crippen molar-refractivity contribution in [2.24, 2.45) is 5.41 Å². The van der Waals surface area contributed by atoms with Crippen molar-refractivity contribution in [2.75, 3.05) is 0 Å². The predicted octanol–water partition coefficient (Wildman–Crippen LogP) is 3.86. The lowest BCUT2D eigenvalue weighted by Gasteiger charge is -2.40.